The Kier molecular flexibility index (Phi) is 3.61. The maximum Gasteiger partial charge on any atom is 0.270 e. The number of nitrogens with zero attached hydrogens (tertiary/aromatic N) is 2. The summed E-state index contributed by atoms with van der Waals surface area (Å²) in [6.45, 7) is 3.89. The molecule has 0 N–H and O–H groups in total. The van der Waals surface area contributed by atoms with E-state index in [1.165, 1.54) is 18.2 Å². The van der Waals surface area contributed by atoms with E-state index in [4.69, 9.17) is 9.47 Å². The van der Waals surface area contributed by atoms with Crippen LogP contribution >= 0.6 is 0 Å². The van der Waals surface area contributed by atoms with Gasteiger partial charge in [-0.2, -0.15) is 5.26 Å². The Hall–Kier alpha value is -3.50. The van der Waals surface area contributed by atoms with Gasteiger partial charge < -0.3 is 9.47 Å². The van der Waals surface area contributed by atoms with Crippen LogP contribution in [-0.2, 0) is 10.2 Å². The maximum atomic E-state index is 13.5. The summed E-state index contributed by atoms with van der Waals surface area (Å²) in [4.78, 5) is 24.0. The maximum absolute atomic E-state index is 13.5. The number of Topliss-reactive ketones (excluding diaryl/α,β-unsaturated/α-hetero) is 1. The van der Waals surface area contributed by atoms with Crippen molar-refractivity contribution in [2.24, 2.45) is 5.41 Å². The van der Waals surface area contributed by atoms with Crippen molar-refractivity contribution < 1.29 is 19.2 Å². The topological polar surface area (TPSA) is 102 Å². The van der Waals surface area contributed by atoms with Gasteiger partial charge in [0.05, 0.1) is 28.6 Å². The van der Waals surface area contributed by atoms with E-state index in [0.29, 0.717) is 5.56 Å². The van der Waals surface area contributed by atoms with Gasteiger partial charge in [0.25, 0.3) is 5.69 Å². The first kappa shape index (κ1) is 16.9. The molecule has 2 aromatic rings. The lowest BCUT2D eigenvalue weighted by Gasteiger charge is -2.41. The largest absolute Gasteiger partial charge is 0.462 e. The SMILES string of the molecule is C=C[C@]1(c2ccccc2)CO[C@H]2Oc3ccc([N+](=O)[O-])cc3C(=O)[C@]21C#N. The highest BCUT2D eigenvalue weighted by atomic mass is 16.7. The van der Waals surface area contributed by atoms with Crippen LogP contribution in [0.5, 0.6) is 5.75 Å². The highest BCUT2D eigenvalue weighted by Crippen LogP contribution is 2.56. The van der Waals surface area contributed by atoms with Crippen molar-refractivity contribution in [3.8, 4) is 11.8 Å². The summed E-state index contributed by atoms with van der Waals surface area (Å²) in [7, 11) is 0. The molecule has 7 nitrogen and oxygen atoms in total. The molecule has 0 aromatic heterocycles. The van der Waals surface area contributed by atoms with Crippen molar-refractivity contribution in [1.82, 2.24) is 0 Å². The number of ketones is 1. The fourth-order valence-electron chi connectivity index (χ4n) is 3.92. The summed E-state index contributed by atoms with van der Waals surface area (Å²) in [5.74, 6) is -0.407. The molecule has 0 aliphatic carbocycles. The summed E-state index contributed by atoms with van der Waals surface area (Å²) < 4.78 is 11.5. The number of carbonyl (C=O) groups excluding carboxylic acids is 1. The van der Waals surface area contributed by atoms with Crippen molar-refractivity contribution in [3.05, 3.63) is 82.4 Å². The van der Waals surface area contributed by atoms with E-state index in [1.807, 2.05) is 6.07 Å². The molecule has 7 heteroatoms. The van der Waals surface area contributed by atoms with Gasteiger partial charge in [-0.25, -0.2) is 0 Å². The zero-order valence-electron chi connectivity index (χ0n) is 14.1. The number of benzene rings is 2. The number of fused-ring (bicyclic) bond motifs is 2. The minimum Gasteiger partial charge on any atom is -0.462 e. The van der Waals surface area contributed by atoms with Crippen molar-refractivity contribution in [2.75, 3.05) is 6.61 Å². The average Bonchev–Trinajstić information content (AvgIpc) is 3.04. The molecule has 3 atom stereocenters. The Morgan fingerprint density at radius 3 is 2.67 bits per heavy atom. The van der Waals surface area contributed by atoms with E-state index in [-0.39, 0.29) is 23.6 Å². The minimum atomic E-state index is -1.74. The summed E-state index contributed by atoms with van der Waals surface area (Å²) in [5, 5.41) is 21.3. The highest BCUT2D eigenvalue weighted by molar-refractivity contribution is 6.08. The van der Waals surface area contributed by atoms with Crippen LogP contribution < -0.4 is 4.74 Å². The van der Waals surface area contributed by atoms with Gasteiger partial charge in [-0.1, -0.05) is 36.4 Å². The first-order valence-corrected chi connectivity index (χ1v) is 8.22. The Morgan fingerprint density at radius 2 is 2.04 bits per heavy atom. The number of hydrogen-bond donors (Lipinski definition) is 0. The van der Waals surface area contributed by atoms with Gasteiger partial charge in [0.2, 0.25) is 6.29 Å². The Morgan fingerprint density at radius 1 is 1.30 bits per heavy atom. The van der Waals surface area contributed by atoms with E-state index in [2.05, 4.69) is 12.6 Å². The van der Waals surface area contributed by atoms with E-state index in [9.17, 15) is 20.2 Å². The molecule has 1 saturated heterocycles. The number of hydrogen-bond acceptors (Lipinski definition) is 6. The standard InChI is InChI=1S/C20H14N2O5/c1-2-19(13-6-4-3-5-7-13)12-26-18-20(19,11-21)17(23)15-10-14(22(24)25)8-9-16(15)27-18/h2-10,18H,1,12H2/t18-,19+,20+/m0/s1. The molecule has 2 aromatic carbocycles. The molecular weight excluding hydrogens is 348 g/mol. The van der Waals surface area contributed by atoms with Crippen molar-refractivity contribution in [1.29, 1.82) is 5.26 Å². The molecule has 1 fully saturated rings. The molecule has 134 valence electrons. The molecule has 4 rings (SSSR count). The molecule has 0 spiro atoms. The monoisotopic (exact) mass is 362 g/mol. The predicted molar refractivity (Wildman–Crippen MR) is 94.2 cm³/mol. The molecule has 2 aliphatic rings. The number of nitro benzene ring substituents is 1. The molecule has 0 saturated carbocycles. The van der Waals surface area contributed by atoms with Gasteiger partial charge in [-0.15, -0.1) is 6.58 Å². The summed E-state index contributed by atoms with van der Waals surface area (Å²) in [5.41, 5.74) is -2.45. The third-order valence-corrected chi connectivity index (χ3v) is 5.34. The van der Waals surface area contributed by atoms with Gasteiger partial charge in [0.1, 0.15) is 5.75 Å². The van der Waals surface area contributed by atoms with Crippen molar-refractivity contribution in [2.45, 2.75) is 11.7 Å². The van der Waals surface area contributed by atoms with Crippen LogP contribution in [0.3, 0.4) is 0 Å². The molecule has 2 heterocycles. The molecule has 27 heavy (non-hydrogen) atoms. The third kappa shape index (κ3) is 2.02. The second kappa shape index (κ2) is 5.76. The first-order valence-electron chi connectivity index (χ1n) is 8.22. The smallest absolute Gasteiger partial charge is 0.270 e. The van der Waals surface area contributed by atoms with Crippen LogP contribution in [0.1, 0.15) is 15.9 Å². The second-order valence-electron chi connectivity index (χ2n) is 6.49. The lowest BCUT2D eigenvalue weighted by atomic mass is 9.58. The van der Waals surface area contributed by atoms with Crippen molar-refractivity contribution >= 4 is 11.5 Å². The van der Waals surface area contributed by atoms with E-state index < -0.39 is 27.8 Å². The summed E-state index contributed by atoms with van der Waals surface area (Å²) in [6, 6.07) is 14.9. The normalized spacial score (nSPS) is 28.4. The number of ether oxygens (including phenoxy) is 2. The number of carbonyl (C=O) groups is 1. The third-order valence-electron chi connectivity index (χ3n) is 5.34. The quantitative estimate of drug-likeness (QED) is 0.472. The van der Waals surface area contributed by atoms with Gasteiger partial charge in [-0.3, -0.25) is 14.9 Å². The number of nitriles is 1. The Bertz CT molecular complexity index is 1010. The zero-order chi connectivity index (χ0) is 19.2. The number of rotatable bonds is 3. The van der Waals surface area contributed by atoms with Crippen LogP contribution in [0.2, 0.25) is 0 Å². The molecule has 2 aliphatic heterocycles. The van der Waals surface area contributed by atoms with E-state index in [1.54, 1.807) is 24.3 Å². The van der Waals surface area contributed by atoms with Crippen molar-refractivity contribution in [3.63, 3.8) is 0 Å². The molecule has 0 bridgehead atoms. The summed E-state index contributed by atoms with van der Waals surface area (Å²) in [6.07, 6.45) is 0.400. The fraction of sp³-hybridized carbons (Fsp3) is 0.200. The van der Waals surface area contributed by atoms with Crippen LogP contribution in [0.25, 0.3) is 0 Å². The minimum absolute atomic E-state index is 0.00495. The number of nitro groups is 1. The van der Waals surface area contributed by atoms with Gasteiger partial charge in [0.15, 0.2) is 11.2 Å². The van der Waals surface area contributed by atoms with E-state index in [0.717, 1.165) is 6.07 Å². The molecular formula is C20H14N2O5. The molecule has 0 amide bonds. The van der Waals surface area contributed by atoms with Crippen LogP contribution in [-0.4, -0.2) is 23.6 Å². The van der Waals surface area contributed by atoms with Gasteiger partial charge >= 0.3 is 0 Å². The highest BCUT2D eigenvalue weighted by Gasteiger charge is 2.69. The van der Waals surface area contributed by atoms with Crippen LogP contribution in [0.4, 0.5) is 5.69 Å². The van der Waals surface area contributed by atoms with E-state index >= 15 is 0 Å². The average molecular weight is 362 g/mol. The first-order chi connectivity index (χ1) is 13.0. The molecule has 0 radical (unpaired) electrons. The fourth-order valence-corrected chi connectivity index (χ4v) is 3.92. The number of non-ortho nitro benzene ring substituents is 1. The zero-order valence-corrected chi connectivity index (χ0v) is 14.1. The molecule has 0 unspecified atom stereocenters. The van der Waals surface area contributed by atoms with Crippen LogP contribution in [0, 0.1) is 26.9 Å². The second-order valence-corrected chi connectivity index (χ2v) is 6.49. The Balaban J connectivity index is 1.96. The Labute approximate surface area is 154 Å². The predicted octanol–water partition coefficient (Wildman–Crippen LogP) is 3.16. The summed E-state index contributed by atoms with van der Waals surface area (Å²) >= 11 is 0. The lowest BCUT2D eigenvalue weighted by Crippen LogP contribution is -2.55. The van der Waals surface area contributed by atoms with Gasteiger partial charge in [0, 0.05) is 12.1 Å². The lowest BCUT2D eigenvalue weighted by molar-refractivity contribution is -0.384. The van der Waals surface area contributed by atoms with Crippen LogP contribution in [0.15, 0.2) is 61.2 Å². The van der Waals surface area contributed by atoms with Gasteiger partial charge in [-0.05, 0) is 11.6 Å².